The number of amides is 3. The van der Waals surface area contributed by atoms with E-state index >= 15 is 0 Å². The molecule has 7 nitrogen and oxygen atoms in total. The van der Waals surface area contributed by atoms with E-state index in [1.807, 2.05) is 47.4 Å². The van der Waals surface area contributed by atoms with Crippen LogP contribution in [-0.2, 0) is 6.54 Å². The summed E-state index contributed by atoms with van der Waals surface area (Å²) < 4.78 is 10.6. The molecule has 2 N–H and O–H groups in total. The van der Waals surface area contributed by atoms with Gasteiger partial charge in [0.15, 0.2) is 11.5 Å². The number of carbonyl (C=O) groups excluding carboxylic acids is 2. The van der Waals surface area contributed by atoms with Crippen molar-refractivity contribution in [1.29, 1.82) is 0 Å². The number of methoxy groups -OCH3 is 2. The van der Waals surface area contributed by atoms with Crippen LogP contribution in [0, 0.1) is 0 Å². The highest BCUT2D eigenvalue weighted by Crippen LogP contribution is 2.28. The Hall–Kier alpha value is -3.22. The number of hydrogen-bond acceptors (Lipinski definition) is 4. The Bertz CT molecular complexity index is 900. The fraction of sp³-hybridized carbons (Fsp3) is 0.391. The van der Waals surface area contributed by atoms with Crippen LogP contribution in [-0.4, -0.2) is 51.2 Å². The summed E-state index contributed by atoms with van der Waals surface area (Å²) in [7, 11) is 4.82. The molecule has 3 amide bonds. The number of nitrogens with zero attached hydrogens (tertiary/aromatic N) is 1. The first kappa shape index (κ1) is 21.5. The van der Waals surface area contributed by atoms with Gasteiger partial charge in [-0.05, 0) is 48.2 Å². The molecule has 1 heterocycles. The van der Waals surface area contributed by atoms with Gasteiger partial charge in [-0.3, -0.25) is 4.79 Å². The molecule has 2 aromatic carbocycles. The Balaban J connectivity index is 1.65. The van der Waals surface area contributed by atoms with E-state index < -0.39 is 0 Å². The normalized spacial score (nSPS) is 16.0. The van der Waals surface area contributed by atoms with Gasteiger partial charge < -0.3 is 25.0 Å². The molecule has 0 radical (unpaired) electrons. The number of likely N-dealkylation sites (tertiary alicyclic amines) is 1. The predicted molar refractivity (Wildman–Crippen MR) is 115 cm³/mol. The van der Waals surface area contributed by atoms with E-state index in [4.69, 9.17) is 9.47 Å². The molecule has 1 aliphatic rings. The first-order chi connectivity index (χ1) is 14.5. The second-order valence-electron chi connectivity index (χ2n) is 7.34. The molecule has 0 bridgehead atoms. The molecule has 0 saturated carbocycles. The third-order valence-electron chi connectivity index (χ3n) is 5.44. The van der Waals surface area contributed by atoms with Gasteiger partial charge in [0, 0.05) is 38.2 Å². The van der Waals surface area contributed by atoms with E-state index in [2.05, 4.69) is 10.6 Å². The van der Waals surface area contributed by atoms with Crippen LogP contribution < -0.4 is 20.1 Å². The Morgan fingerprint density at radius 3 is 2.63 bits per heavy atom. The molecule has 7 heteroatoms. The molecule has 1 aliphatic heterocycles. The first-order valence-corrected chi connectivity index (χ1v) is 10.1. The highest BCUT2D eigenvalue weighted by molar-refractivity contribution is 5.94. The number of urea groups is 1. The minimum absolute atomic E-state index is 0.0523. The summed E-state index contributed by atoms with van der Waals surface area (Å²) in [5.74, 6) is 1.38. The number of ether oxygens (including phenoxy) is 2. The molecule has 160 valence electrons. The molecule has 0 spiro atoms. The Kier molecular flexibility index (Phi) is 7.17. The highest BCUT2D eigenvalue weighted by Gasteiger charge is 2.24. The lowest BCUT2D eigenvalue weighted by atomic mass is 9.89. The summed E-state index contributed by atoms with van der Waals surface area (Å²) >= 11 is 0. The minimum atomic E-state index is -0.134. The zero-order valence-corrected chi connectivity index (χ0v) is 17.7. The molecule has 1 unspecified atom stereocenters. The summed E-state index contributed by atoms with van der Waals surface area (Å²) in [6, 6.07) is 13.2. The molecule has 3 rings (SSSR count). The van der Waals surface area contributed by atoms with Crippen molar-refractivity contribution < 1.29 is 19.1 Å². The summed E-state index contributed by atoms with van der Waals surface area (Å²) in [5.41, 5.74) is 2.62. The fourth-order valence-electron chi connectivity index (χ4n) is 3.80. The average Bonchev–Trinajstić information content (AvgIpc) is 2.81. The summed E-state index contributed by atoms with van der Waals surface area (Å²) in [6.45, 7) is 1.81. The zero-order valence-electron chi connectivity index (χ0n) is 17.7. The molecular weight excluding hydrogens is 382 g/mol. The SMILES string of the molecule is CNC(=O)N1CCCC(c2cccc(C(=O)NCc3ccc(OC)c(OC)c3)c2)C1. The van der Waals surface area contributed by atoms with Crippen LogP contribution in [0.2, 0.25) is 0 Å². The Labute approximate surface area is 177 Å². The quantitative estimate of drug-likeness (QED) is 0.765. The van der Waals surface area contributed by atoms with Crippen molar-refractivity contribution in [2.75, 3.05) is 34.4 Å². The minimum Gasteiger partial charge on any atom is -0.493 e. The van der Waals surface area contributed by atoms with Gasteiger partial charge in [-0.1, -0.05) is 18.2 Å². The van der Waals surface area contributed by atoms with E-state index in [-0.39, 0.29) is 17.9 Å². The summed E-state index contributed by atoms with van der Waals surface area (Å²) in [6.07, 6.45) is 1.96. The molecular formula is C23H29N3O4. The maximum Gasteiger partial charge on any atom is 0.317 e. The summed E-state index contributed by atoms with van der Waals surface area (Å²) in [4.78, 5) is 26.5. The lowest BCUT2D eigenvalue weighted by molar-refractivity contribution is 0.0950. The second-order valence-corrected chi connectivity index (χ2v) is 7.34. The van der Waals surface area contributed by atoms with Crippen LogP contribution in [0.5, 0.6) is 11.5 Å². The molecule has 1 fully saturated rings. The molecule has 1 saturated heterocycles. The molecule has 2 aromatic rings. The van der Waals surface area contributed by atoms with E-state index in [1.54, 1.807) is 21.3 Å². The van der Waals surface area contributed by atoms with Crippen molar-refractivity contribution in [2.45, 2.75) is 25.3 Å². The van der Waals surface area contributed by atoms with Crippen LogP contribution in [0.4, 0.5) is 4.79 Å². The first-order valence-electron chi connectivity index (χ1n) is 10.1. The van der Waals surface area contributed by atoms with E-state index in [0.717, 1.165) is 30.5 Å². The number of carbonyl (C=O) groups is 2. The van der Waals surface area contributed by atoms with Crippen LogP contribution in [0.1, 0.15) is 40.2 Å². The maximum absolute atomic E-state index is 12.7. The van der Waals surface area contributed by atoms with E-state index in [0.29, 0.717) is 30.2 Å². The van der Waals surface area contributed by atoms with Crippen LogP contribution in [0.3, 0.4) is 0 Å². The fourth-order valence-corrected chi connectivity index (χ4v) is 3.80. The number of benzene rings is 2. The number of rotatable bonds is 6. The highest BCUT2D eigenvalue weighted by atomic mass is 16.5. The lowest BCUT2D eigenvalue weighted by Gasteiger charge is -2.32. The second kappa shape index (κ2) is 10.0. The van der Waals surface area contributed by atoms with Crippen LogP contribution >= 0.6 is 0 Å². The average molecular weight is 412 g/mol. The van der Waals surface area contributed by atoms with Gasteiger partial charge in [0.25, 0.3) is 5.91 Å². The van der Waals surface area contributed by atoms with E-state index in [1.165, 1.54) is 0 Å². The van der Waals surface area contributed by atoms with Gasteiger partial charge in [-0.2, -0.15) is 0 Å². The number of piperidine rings is 1. The van der Waals surface area contributed by atoms with E-state index in [9.17, 15) is 9.59 Å². The molecule has 1 atom stereocenters. The van der Waals surface area contributed by atoms with Crippen LogP contribution in [0.25, 0.3) is 0 Å². The van der Waals surface area contributed by atoms with Gasteiger partial charge in [0.1, 0.15) is 0 Å². The molecule has 0 aliphatic carbocycles. The predicted octanol–water partition coefficient (Wildman–Crippen LogP) is 3.15. The topological polar surface area (TPSA) is 79.9 Å². The maximum atomic E-state index is 12.7. The largest absolute Gasteiger partial charge is 0.493 e. The number of nitrogens with one attached hydrogen (secondary N) is 2. The Morgan fingerprint density at radius 1 is 1.10 bits per heavy atom. The van der Waals surface area contributed by atoms with Crippen molar-refractivity contribution in [2.24, 2.45) is 0 Å². The standard InChI is InChI=1S/C23H29N3O4/c1-24-23(28)26-11-5-8-19(15-26)17-6-4-7-18(13-17)22(27)25-14-16-9-10-20(29-2)21(12-16)30-3/h4,6-7,9-10,12-13,19H,5,8,11,14-15H2,1-3H3,(H,24,28)(H,25,27). The van der Waals surface area contributed by atoms with Crippen molar-refractivity contribution in [3.8, 4) is 11.5 Å². The van der Waals surface area contributed by atoms with Crippen molar-refractivity contribution >= 4 is 11.9 Å². The van der Waals surface area contributed by atoms with Crippen molar-refractivity contribution in [3.05, 3.63) is 59.2 Å². The van der Waals surface area contributed by atoms with Gasteiger partial charge in [-0.15, -0.1) is 0 Å². The smallest absolute Gasteiger partial charge is 0.317 e. The van der Waals surface area contributed by atoms with Gasteiger partial charge >= 0.3 is 6.03 Å². The van der Waals surface area contributed by atoms with Gasteiger partial charge in [0.2, 0.25) is 0 Å². The zero-order chi connectivity index (χ0) is 21.5. The monoisotopic (exact) mass is 411 g/mol. The molecule has 30 heavy (non-hydrogen) atoms. The van der Waals surface area contributed by atoms with Crippen molar-refractivity contribution in [3.63, 3.8) is 0 Å². The Morgan fingerprint density at radius 2 is 1.90 bits per heavy atom. The van der Waals surface area contributed by atoms with Gasteiger partial charge in [0.05, 0.1) is 14.2 Å². The summed E-state index contributed by atoms with van der Waals surface area (Å²) in [5, 5.41) is 5.65. The van der Waals surface area contributed by atoms with Crippen molar-refractivity contribution in [1.82, 2.24) is 15.5 Å². The lowest BCUT2D eigenvalue weighted by Crippen LogP contribution is -2.43. The molecule has 0 aromatic heterocycles. The third kappa shape index (κ3) is 5.03. The third-order valence-corrected chi connectivity index (χ3v) is 5.44. The number of hydrogen-bond donors (Lipinski definition) is 2. The van der Waals surface area contributed by atoms with Crippen LogP contribution in [0.15, 0.2) is 42.5 Å². The van der Waals surface area contributed by atoms with Gasteiger partial charge in [-0.25, -0.2) is 4.79 Å².